The van der Waals surface area contributed by atoms with Crippen LogP contribution in [0, 0.1) is 11.6 Å². The van der Waals surface area contributed by atoms with E-state index in [2.05, 4.69) is 4.84 Å². The summed E-state index contributed by atoms with van der Waals surface area (Å²) in [5, 5.41) is 0. The highest BCUT2D eigenvalue weighted by Gasteiger charge is 2.02. The molecule has 0 bridgehead atoms. The number of hydrogen-bond acceptors (Lipinski definition) is 2. The van der Waals surface area contributed by atoms with Gasteiger partial charge in [0.1, 0.15) is 11.6 Å². The molecule has 1 aromatic carbocycles. The number of halogens is 2. The van der Waals surface area contributed by atoms with E-state index in [1.165, 1.54) is 0 Å². The van der Waals surface area contributed by atoms with Crippen LogP contribution < -0.4 is 5.90 Å². The topological polar surface area (TPSA) is 35.2 Å². The van der Waals surface area contributed by atoms with Crippen LogP contribution in [0.3, 0.4) is 0 Å². The maximum atomic E-state index is 12.8. The molecule has 0 fully saturated rings. The summed E-state index contributed by atoms with van der Waals surface area (Å²) in [7, 11) is 0. The molecule has 12 heavy (non-hydrogen) atoms. The third-order valence-electron chi connectivity index (χ3n) is 1.50. The molecule has 0 aliphatic rings. The minimum absolute atomic E-state index is 0.181. The highest BCUT2D eigenvalue weighted by Crippen LogP contribution is 2.09. The van der Waals surface area contributed by atoms with Gasteiger partial charge in [0, 0.05) is 6.42 Å². The van der Waals surface area contributed by atoms with E-state index in [4.69, 9.17) is 5.90 Å². The van der Waals surface area contributed by atoms with E-state index in [0.717, 1.165) is 18.2 Å². The van der Waals surface area contributed by atoms with E-state index in [1.54, 1.807) is 0 Å². The van der Waals surface area contributed by atoms with Gasteiger partial charge in [0.25, 0.3) is 0 Å². The van der Waals surface area contributed by atoms with E-state index in [0.29, 0.717) is 0 Å². The van der Waals surface area contributed by atoms with Gasteiger partial charge in [-0.15, -0.1) is 0 Å². The zero-order chi connectivity index (χ0) is 8.97. The molecule has 0 saturated heterocycles. The summed E-state index contributed by atoms with van der Waals surface area (Å²) in [6, 6.07) is 3.29. The van der Waals surface area contributed by atoms with Crippen LogP contribution in [0.25, 0.3) is 0 Å². The molecule has 2 nitrogen and oxygen atoms in total. The highest BCUT2D eigenvalue weighted by atomic mass is 19.1. The maximum absolute atomic E-state index is 12.8. The van der Waals surface area contributed by atoms with Crippen LogP contribution in [0.4, 0.5) is 8.78 Å². The lowest BCUT2D eigenvalue weighted by atomic mass is 10.1. The molecule has 1 rings (SSSR count). The first-order chi connectivity index (χ1) is 5.74. The molecule has 0 saturated carbocycles. The van der Waals surface area contributed by atoms with Crippen LogP contribution in [0.2, 0.25) is 0 Å². The largest absolute Gasteiger partial charge is 0.304 e. The van der Waals surface area contributed by atoms with Crippen LogP contribution in [0.15, 0.2) is 18.2 Å². The Labute approximate surface area is 68.9 Å². The first-order valence-electron chi connectivity index (χ1n) is 3.49. The average Bonchev–Trinajstić information content (AvgIpc) is 2.07. The summed E-state index contributed by atoms with van der Waals surface area (Å²) in [5.74, 6) is 3.86. The maximum Gasteiger partial charge on any atom is 0.126 e. The van der Waals surface area contributed by atoms with Crippen LogP contribution >= 0.6 is 0 Å². The zero-order valence-corrected chi connectivity index (χ0v) is 6.39. The van der Waals surface area contributed by atoms with Gasteiger partial charge in [0.05, 0.1) is 6.61 Å². The quantitative estimate of drug-likeness (QED) is 0.701. The lowest BCUT2D eigenvalue weighted by Crippen LogP contribution is -2.05. The van der Waals surface area contributed by atoms with Crippen molar-refractivity contribution in [3.05, 3.63) is 35.4 Å². The Morgan fingerprint density at radius 1 is 1.33 bits per heavy atom. The molecular formula is C8H9F2NO. The van der Waals surface area contributed by atoms with Crippen molar-refractivity contribution in [3.8, 4) is 0 Å². The summed E-state index contributed by atoms with van der Waals surface area (Å²) in [6.45, 7) is 0.181. The molecule has 0 spiro atoms. The van der Waals surface area contributed by atoms with Gasteiger partial charge >= 0.3 is 0 Å². The van der Waals surface area contributed by atoms with Crippen molar-refractivity contribution in [1.82, 2.24) is 0 Å². The first-order valence-corrected chi connectivity index (χ1v) is 3.49. The Hall–Kier alpha value is -1.00. The van der Waals surface area contributed by atoms with E-state index < -0.39 is 11.6 Å². The smallest absolute Gasteiger partial charge is 0.126 e. The predicted octanol–water partition coefficient (Wildman–Crippen LogP) is 1.40. The molecule has 2 N–H and O–H groups in total. The van der Waals surface area contributed by atoms with Gasteiger partial charge in [-0.05, 0) is 23.8 Å². The number of rotatable bonds is 3. The molecular weight excluding hydrogens is 164 g/mol. The van der Waals surface area contributed by atoms with Gasteiger partial charge in [-0.3, -0.25) is 0 Å². The molecule has 0 aliphatic heterocycles. The molecule has 0 aromatic heterocycles. The standard InChI is InChI=1S/C8H9F2NO/c9-7-1-2-8(10)6(5-7)3-4-12-11/h1-2,5H,3-4,11H2. The summed E-state index contributed by atoms with van der Waals surface area (Å²) < 4.78 is 25.4. The van der Waals surface area contributed by atoms with Crippen LogP contribution in [-0.4, -0.2) is 6.61 Å². The summed E-state index contributed by atoms with van der Waals surface area (Å²) in [4.78, 5) is 4.25. The van der Waals surface area contributed by atoms with E-state index >= 15 is 0 Å². The SMILES string of the molecule is NOCCc1cc(F)ccc1F. The molecule has 0 aliphatic carbocycles. The summed E-state index contributed by atoms with van der Waals surface area (Å²) in [6.07, 6.45) is 0.278. The monoisotopic (exact) mass is 173 g/mol. The minimum Gasteiger partial charge on any atom is -0.304 e. The van der Waals surface area contributed by atoms with Crippen LogP contribution in [-0.2, 0) is 11.3 Å². The lowest BCUT2D eigenvalue weighted by molar-refractivity contribution is 0.140. The molecule has 0 amide bonds. The third-order valence-corrected chi connectivity index (χ3v) is 1.50. The summed E-state index contributed by atoms with van der Waals surface area (Å²) in [5.41, 5.74) is 0.278. The van der Waals surface area contributed by atoms with Gasteiger partial charge in [0.2, 0.25) is 0 Å². The van der Waals surface area contributed by atoms with E-state index in [9.17, 15) is 8.78 Å². The van der Waals surface area contributed by atoms with Crippen molar-refractivity contribution in [3.63, 3.8) is 0 Å². The van der Waals surface area contributed by atoms with Gasteiger partial charge in [-0.2, -0.15) is 0 Å². The second-order valence-electron chi connectivity index (χ2n) is 2.36. The molecule has 1 aromatic rings. The Balaban J connectivity index is 2.75. The van der Waals surface area contributed by atoms with Crippen molar-refractivity contribution in [2.45, 2.75) is 6.42 Å². The van der Waals surface area contributed by atoms with Gasteiger partial charge in [0.15, 0.2) is 0 Å². The molecule has 0 unspecified atom stereocenters. The fraction of sp³-hybridized carbons (Fsp3) is 0.250. The van der Waals surface area contributed by atoms with Gasteiger partial charge in [-0.25, -0.2) is 14.7 Å². The van der Waals surface area contributed by atoms with Crippen molar-refractivity contribution in [1.29, 1.82) is 0 Å². The second kappa shape index (κ2) is 4.13. The normalized spacial score (nSPS) is 10.2. The fourth-order valence-electron chi connectivity index (χ4n) is 0.904. The predicted molar refractivity (Wildman–Crippen MR) is 40.2 cm³/mol. The van der Waals surface area contributed by atoms with Crippen molar-refractivity contribution < 1.29 is 13.6 Å². The highest BCUT2D eigenvalue weighted by molar-refractivity contribution is 5.18. The van der Waals surface area contributed by atoms with Crippen molar-refractivity contribution >= 4 is 0 Å². The average molecular weight is 173 g/mol. The number of hydrogen-bond donors (Lipinski definition) is 1. The number of nitrogens with two attached hydrogens (primary N) is 1. The first kappa shape index (κ1) is 9.09. The van der Waals surface area contributed by atoms with Gasteiger partial charge in [-0.1, -0.05) is 0 Å². The Kier molecular flexibility index (Phi) is 3.13. The Morgan fingerprint density at radius 2 is 2.08 bits per heavy atom. The molecule has 4 heteroatoms. The van der Waals surface area contributed by atoms with Crippen molar-refractivity contribution in [2.24, 2.45) is 5.90 Å². The van der Waals surface area contributed by atoms with Crippen LogP contribution in [0.5, 0.6) is 0 Å². The fourth-order valence-corrected chi connectivity index (χ4v) is 0.904. The van der Waals surface area contributed by atoms with Gasteiger partial charge < -0.3 is 4.84 Å². The molecule has 66 valence electrons. The van der Waals surface area contributed by atoms with E-state index in [1.807, 2.05) is 0 Å². The van der Waals surface area contributed by atoms with Crippen LogP contribution in [0.1, 0.15) is 5.56 Å². The van der Waals surface area contributed by atoms with E-state index in [-0.39, 0.29) is 18.6 Å². The Morgan fingerprint density at radius 3 is 2.75 bits per heavy atom. The second-order valence-corrected chi connectivity index (χ2v) is 2.36. The molecule has 0 heterocycles. The summed E-state index contributed by atoms with van der Waals surface area (Å²) >= 11 is 0. The van der Waals surface area contributed by atoms with Crippen molar-refractivity contribution in [2.75, 3.05) is 6.61 Å². The minimum atomic E-state index is -0.455. The zero-order valence-electron chi connectivity index (χ0n) is 6.39. The lowest BCUT2D eigenvalue weighted by Gasteiger charge is -2.01. The molecule has 0 radical (unpaired) electrons. The number of benzene rings is 1. The third kappa shape index (κ3) is 2.25. The Bertz CT molecular complexity index is 265. The molecule has 0 atom stereocenters.